The Bertz CT molecular complexity index is 1120. The third kappa shape index (κ3) is 3.41. The van der Waals surface area contributed by atoms with Crippen molar-refractivity contribution < 1.29 is 9.84 Å². The molecule has 0 amide bonds. The molecule has 3 N–H and O–H groups in total. The van der Waals surface area contributed by atoms with Crippen LogP contribution in [0.5, 0.6) is 11.5 Å². The van der Waals surface area contributed by atoms with Crippen LogP contribution < -0.4 is 21.4 Å². The lowest BCUT2D eigenvalue weighted by Gasteiger charge is -2.06. The third-order valence-electron chi connectivity index (χ3n) is 3.99. The molecule has 10 nitrogen and oxygen atoms in total. The summed E-state index contributed by atoms with van der Waals surface area (Å²) in [4.78, 5) is 30.5. The van der Waals surface area contributed by atoms with Crippen LogP contribution in [0.4, 0.5) is 5.95 Å². The number of ether oxygens (including phenoxy) is 1. The van der Waals surface area contributed by atoms with Crippen molar-refractivity contribution in [2.24, 2.45) is 12.1 Å². The fourth-order valence-electron chi connectivity index (χ4n) is 2.67. The lowest BCUT2D eigenvalue weighted by atomic mass is 10.2. The number of fused-ring (bicyclic) bond motifs is 1. The van der Waals surface area contributed by atoms with Gasteiger partial charge in [0.15, 0.2) is 22.7 Å². The number of aryl methyl sites for hydroxylation is 2. The monoisotopic (exact) mass is 372 g/mol. The van der Waals surface area contributed by atoms with Gasteiger partial charge in [-0.25, -0.2) is 10.2 Å². The number of phenolic OH excluding ortho intramolecular Hbond substituents is 1. The first-order chi connectivity index (χ1) is 13.0. The lowest BCUT2D eigenvalue weighted by Crippen LogP contribution is -2.29. The van der Waals surface area contributed by atoms with E-state index in [2.05, 4.69) is 20.5 Å². The number of phenols is 1. The molecule has 0 spiro atoms. The number of hydrogen-bond acceptors (Lipinski definition) is 7. The summed E-state index contributed by atoms with van der Waals surface area (Å²) < 4.78 is 8.24. The molecule has 0 aliphatic carbocycles. The molecular formula is C17H20N6O4. The van der Waals surface area contributed by atoms with Crippen molar-refractivity contribution in [3.63, 3.8) is 0 Å². The molecule has 0 saturated carbocycles. The number of imidazole rings is 1. The van der Waals surface area contributed by atoms with Crippen LogP contribution in [0.1, 0.15) is 19.4 Å². The van der Waals surface area contributed by atoms with E-state index in [1.807, 2.05) is 13.8 Å². The predicted molar refractivity (Wildman–Crippen MR) is 102 cm³/mol. The Morgan fingerprint density at radius 1 is 1.37 bits per heavy atom. The second-order valence-electron chi connectivity index (χ2n) is 5.70. The fourth-order valence-corrected chi connectivity index (χ4v) is 2.67. The van der Waals surface area contributed by atoms with E-state index in [-0.39, 0.29) is 11.4 Å². The van der Waals surface area contributed by atoms with Crippen molar-refractivity contribution >= 4 is 23.3 Å². The highest BCUT2D eigenvalue weighted by molar-refractivity contribution is 5.81. The SMILES string of the molecule is CCOc1cc(C=NNc2nc3c(c(=O)[nH]c(=O)n3C)n2CC)ccc1O. The standard InChI is InChI=1S/C17H20N6O4/c1-4-23-13-14(22(3)17(26)20-15(13)25)19-16(23)21-18-9-10-6-7-11(24)12(8-10)27-5-2/h6-9,24H,4-5H2,1-3H3,(H,19,21)(H,20,25,26). The summed E-state index contributed by atoms with van der Waals surface area (Å²) in [7, 11) is 1.53. The molecule has 2 heterocycles. The molecule has 27 heavy (non-hydrogen) atoms. The smallest absolute Gasteiger partial charge is 0.329 e. The maximum absolute atomic E-state index is 12.1. The molecule has 0 bridgehead atoms. The fraction of sp³-hybridized carbons (Fsp3) is 0.294. The molecule has 0 fully saturated rings. The number of hydrazone groups is 1. The molecule has 3 rings (SSSR count). The normalized spacial score (nSPS) is 11.4. The molecule has 142 valence electrons. The highest BCUT2D eigenvalue weighted by atomic mass is 16.5. The quantitative estimate of drug-likeness (QED) is 0.438. The Morgan fingerprint density at radius 3 is 2.85 bits per heavy atom. The summed E-state index contributed by atoms with van der Waals surface area (Å²) in [6.07, 6.45) is 1.53. The van der Waals surface area contributed by atoms with E-state index in [1.54, 1.807) is 16.7 Å². The zero-order chi connectivity index (χ0) is 19.6. The summed E-state index contributed by atoms with van der Waals surface area (Å²) in [6.45, 7) is 4.57. The Morgan fingerprint density at radius 2 is 2.15 bits per heavy atom. The largest absolute Gasteiger partial charge is 0.504 e. The summed E-state index contributed by atoms with van der Waals surface area (Å²) in [5.41, 5.74) is 3.02. The first-order valence-corrected chi connectivity index (χ1v) is 8.40. The van der Waals surface area contributed by atoms with E-state index in [0.717, 1.165) is 0 Å². The molecule has 0 aliphatic heterocycles. The average Bonchev–Trinajstić information content (AvgIpc) is 3.02. The summed E-state index contributed by atoms with van der Waals surface area (Å²) in [6, 6.07) is 4.85. The van der Waals surface area contributed by atoms with Crippen LogP contribution in [-0.2, 0) is 13.6 Å². The van der Waals surface area contributed by atoms with Crippen LogP contribution in [0.25, 0.3) is 11.2 Å². The van der Waals surface area contributed by atoms with Gasteiger partial charge < -0.3 is 14.4 Å². The van der Waals surface area contributed by atoms with Gasteiger partial charge >= 0.3 is 5.69 Å². The Kier molecular flexibility index (Phi) is 4.97. The van der Waals surface area contributed by atoms with Crippen LogP contribution in [0, 0.1) is 0 Å². The zero-order valence-corrected chi connectivity index (χ0v) is 15.2. The number of rotatable bonds is 6. The molecule has 0 saturated heterocycles. The van der Waals surface area contributed by atoms with Gasteiger partial charge in [0.25, 0.3) is 5.56 Å². The minimum absolute atomic E-state index is 0.0508. The maximum atomic E-state index is 12.1. The van der Waals surface area contributed by atoms with Gasteiger partial charge in [-0.1, -0.05) is 0 Å². The molecule has 1 aromatic carbocycles. The molecule has 10 heteroatoms. The van der Waals surface area contributed by atoms with Gasteiger partial charge in [-0.05, 0) is 37.6 Å². The predicted octanol–water partition coefficient (Wildman–Crippen LogP) is 0.993. The van der Waals surface area contributed by atoms with Gasteiger partial charge in [-0.15, -0.1) is 0 Å². The van der Waals surface area contributed by atoms with Crippen molar-refractivity contribution in [1.29, 1.82) is 0 Å². The topological polar surface area (TPSA) is 127 Å². The minimum atomic E-state index is -0.532. The van der Waals surface area contributed by atoms with Gasteiger partial charge in [0.05, 0.1) is 12.8 Å². The van der Waals surface area contributed by atoms with Crippen molar-refractivity contribution in [1.82, 2.24) is 19.1 Å². The van der Waals surface area contributed by atoms with Crippen LogP contribution in [-0.4, -0.2) is 37.0 Å². The average molecular weight is 372 g/mol. The van der Waals surface area contributed by atoms with Crippen molar-refractivity contribution in [3.8, 4) is 11.5 Å². The number of aromatic nitrogens is 4. The molecule has 0 unspecified atom stereocenters. The highest BCUT2D eigenvalue weighted by Crippen LogP contribution is 2.26. The zero-order valence-electron chi connectivity index (χ0n) is 15.2. The maximum Gasteiger partial charge on any atom is 0.329 e. The van der Waals surface area contributed by atoms with Crippen molar-refractivity contribution in [2.75, 3.05) is 12.0 Å². The Hall–Kier alpha value is -3.56. The molecule has 0 atom stereocenters. The van der Waals surface area contributed by atoms with Crippen LogP contribution in [0.2, 0.25) is 0 Å². The number of hydrogen-bond donors (Lipinski definition) is 3. The van der Waals surface area contributed by atoms with E-state index >= 15 is 0 Å². The number of nitrogens with zero attached hydrogens (tertiary/aromatic N) is 4. The first-order valence-electron chi connectivity index (χ1n) is 8.40. The molecule has 3 aromatic rings. The molecular weight excluding hydrogens is 352 g/mol. The number of nitrogens with one attached hydrogen (secondary N) is 2. The lowest BCUT2D eigenvalue weighted by molar-refractivity contribution is 0.318. The Balaban J connectivity index is 1.93. The third-order valence-corrected chi connectivity index (χ3v) is 3.99. The first kappa shape index (κ1) is 18.2. The van der Waals surface area contributed by atoms with E-state index in [1.165, 1.54) is 23.9 Å². The van der Waals surface area contributed by atoms with Gasteiger partial charge in [-0.3, -0.25) is 14.3 Å². The van der Waals surface area contributed by atoms with Crippen molar-refractivity contribution in [2.45, 2.75) is 20.4 Å². The van der Waals surface area contributed by atoms with Gasteiger partial charge in [-0.2, -0.15) is 10.1 Å². The Labute approximate surface area is 153 Å². The molecule has 0 aliphatic rings. The number of anilines is 1. The number of H-pyrrole nitrogens is 1. The summed E-state index contributed by atoms with van der Waals surface area (Å²) in [5, 5.41) is 13.9. The summed E-state index contributed by atoms with van der Waals surface area (Å²) >= 11 is 0. The van der Waals surface area contributed by atoms with Crippen LogP contribution in [0.15, 0.2) is 32.9 Å². The van der Waals surface area contributed by atoms with Crippen LogP contribution >= 0.6 is 0 Å². The second-order valence-corrected chi connectivity index (χ2v) is 5.70. The van der Waals surface area contributed by atoms with E-state index in [0.29, 0.717) is 35.9 Å². The second kappa shape index (κ2) is 7.36. The van der Waals surface area contributed by atoms with Gasteiger partial charge in [0.1, 0.15) is 0 Å². The van der Waals surface area contributed by atoms with Crippen molar-refractivity contribution in [3.05, 3.63) is 44.6 Å². The minimum Gasteiger partial charge on any atom is -0.504 e. The van der Waals surface area contributed by atoms with E-state index in [4.69, 9.17) is 4.74 Å². The number of aromatic hydroxyl groups is 1. The highest BCUT2D eigenvalue weighted by Gasteiger charge is 2.15. The molecule has 0 radical (unpaired) electrons. The van der Waals surface area contributed by atoms with Gasteiger partial charge in [0.2, 0.25) is 5.95 Å². The molecule has 2 aromatic heterocycles. The van der Waals surface area contributed by atoms with E-state index < -0.39 is 11.2 Å². The van der Waals surface area contributed by atoms with Crippen LogP contribution in [0.3, 0.4) is 0 Å². The van der Waals surface area contributed by atoms with Gasteiger partial charge in [0, 0.05) is 13.6 Å². The summed E-state index contributed by atoms with van der Waals surface area (Å²) in [5.74, 6) is 0.748. The number of aromatic amines is 1. The number of benzene rings is 1. The van der Waals surface area contributed by atoms with E-state index in [9.17, 15) is 14.7 Å².